The third-order valence-corrected chi connectivity index (χ3v) is 4.93. The fraction of sp³-hybridized carbons (Fsp3) is 0.471. The molecule has 4 rings (SSSR count). The van der Waals surface area contributed by atoms with E-state index in [1.807, 2.05) is 30.3 Å². The molecule has 0 saturated heterocycles. The van der Waals surface area contributed by atoms with Crippen molar-refractivity contribution in [1.82, 2.24) is 4.98 Å². The topological polar surface area (TPSA) is 58.3 Å². The Morgan fingerprint density at radius 1 is 1.19 bits per heavy atom. The summed E-state index contributed by atoms with van der Waals surface area (Å²) < 4.78 is 5.72. The molecule has 0 spiro atoms. The summed E-state index contributed by atoms with van der Waals surface area (Å²) in [6.07, 6.45) is 5.80. The summed E-state index contributed by atoms with van der Waals surface area (Å²) in [5, 5.41) is 13.3. The Morgan fingerprint density at radius 3 is 2.76 bits per heavy atom. The van der Waals surface area contributed by atoms with Crippen LogP contribution in [0.15, 0.2) is 34.7 Å². The first-order valence-corrected chi connectivity index (χ1v) is 7.77. The normalized spacial score (nSPS) is 27.1. The number of hydrogen-bond donors (Lipinski definition) is 2. The van der Waals surface area contributed by atoms with Crippen LogP contribution in [-0.4, -0.2) is 16.1 Å². The zero-order valence-corrected chi connectivity index (χ0v) is 12.0. The number of aromatic hydroxyl groups is 1. The molecule has 21 heavy (non-hydrogen) atoms. The minimum Gasteiger partial charge on any atom is -0.491 e. The molecule has 1 aromatic heterocycles. The number of rotatable bonds is 4. The Morgan fingerprint density at radius 2 is 2.05 bits per heavy atom. The van der Waals surface area contributed by atoms with Crippen molar-refractivity contribution in [2.75, 3.05) is 5.32 Å². The molecular weight excluding hydrogens is 264 g/mol. The van der Waals surface area contributed by atoms with Crippen molar-refractivity contribution in [3.05, 3.63) is 41.7 Å². The standard InChI is InChI=1S/C17H20N2O2/c20-16-15(10-11-4-2-1-3-5-11)21-17(19-16)18-14-9-12-6-7-13(14)8-12/h1-5,12-14,20H,6-10H2,(H,18,19). The first-order chi connectivity index (χ1) is 10.3. The molecule has 2 saturated carbocycles. The number of aromatic nitrogens is 1. The number of fused-ring (bicyclic) bond motifs is 2. The quantitative estimate of drug-likeness (QED) is 0.901. The number of nitrogens with one attached hydrogen (secondary N) is 1. The molecule has 3 atom stereocenters. The van der Waals surface area contributed by atoms with Crippen LogP contribution in [0.25, 0.3) is 0 Å². The fourth-order valence-electron chi connectivity index (χ4n) is 3.88. The van der Waals surface area contributed by atoms with E-state index in [0.717, 1.165) is 17.4 Å². The summed E-state index contributed by atoms with van der Waals surface area (Å²) in [5.41, 5.74) is 1.11. The van der Waals surface area contributed by atoms with Gasteiger partial charge in [-0.25, -0.2) is 0 Å². The predicted molar refractivity (Wildman–Crippen MR) is 80.3 cm³/mol. The summed E-state index contributed by atoms with van der Waals surface area (Å²) in [6, 6.07) is 10.9. The summed E-state index contributed by atoms with van der Waals surface area (Å²) in [7, 11) is 0. The summed E-state index contributed by atoms with van der Waals surface area (Å²) in [4.78, 5) is 4.13. The largest absolute Gasteiger partial charge is 0.491 e. The number of oxazole rings is 1. The summed E-state index contributed by atoms with van der Waals surface area (Å²) in [5.74, 6) is 2.16. The van der Waals surface area contributed by atoms with Crippen LogP contribution >= 0.6 is 0 Å². The van der Waals surface area contributed by atoms with Gasteiger partial charge in [0.1, 0.15) is 0 Å². The van der Waals surface area contributed by atoms with Crippen molar-refractivity contribution >= 4 is 6.01 Å². The van der Waals surface area contributed by atoms with E-state index < -0.39 is 0 Å². The Bertz CT molecular complexity index is 623. The average Bonchev–Trinajstić information content (AvgIpc) is 3.17. The average molecular weight is 284 g/mol. The second kappa shape index (κ2) is 5.10. The van der Waals surface area contributed by atoms with E-state index in [2.05, 4.69) is 10.3 Å². The second-order valence-corrected chi connectivity index (χ2v) is 6.35. The molecule has 2 aliphatic carbocycles. The molecule has 2 fully saturated rings. The van der Waals surface area contributed by atoms with Crippen LogP contribution in [-0.2, 0) is 6.42 Å². The number of benzene rings is 1. The molecule has 2 N–H and O–H groups in total. The van der Waals surface area contributed by atoms with Crippen LogP contribution in [0.3, 0.4) is 0 Å². The van der Waals surface area contributed by atoms with Crippen molar-refractivity contribution in [2.45, 2.75) is 38.1 Å². The van der Waals surface area contributed by atoms with Gasteiger partial charge in [0, 0.05) is 12.5 Å². The molecule has 0 aliphatic heterocycles. The van der Waals surface area contributed by atoms with E-state index in [0.29, 0.717) is 24.2 Å². The van der Waals surface area contributed by atoms with Gasteiger partial charge >= 0.3 is 0 Å². The van der Waals surface area contributed by atoms with Gasteiger partial charge in [0.15, 0.2) is 5.76 Å². The van der Waals surface area contributed by atoms with E-state index in [9.17, 15) is 5.11 Å². The van der Waals surface area contributed by atoms with Crippen molar-refractivity contribution in [3.8, 4) is 5.88 Å². The highest BCUT2D eigenvalue weighted by Gasteiger charge is 2.40. The maximum atomic E-state index is 9.95. The molecule has 4 nitrogen and oxygen atoms in total. The van der Waals surface area contributed by atoms with E-state index in [1.54, 1.807) is 0 Å². The third-order valence-electron chi connectivity index (χ3n) is 4.93. The van der Waals surface area contributed by atoms with Crippen LogP contribution < -0.4 is 5.32 Å². The van der Waals surface area contributed by atoms with Gasteiger partial charge in [0.05, 0.1) is 0 Å². The Balaban J connectivity index is 1.46. The predicted octanol–water partition coefficient (Wildman–Crippen LogP) is 3.57. The number of hydrogen-bond acceptors (Lipinski definition) is 4. The van der Waals surface area contributed by atoms with Crippen LogP contribution in [0.5, 0.6) is 5.88 Å². The summed E-state index contributed by atoms with van der Waals surface area (Å²) in [6.45, 7) is 0. The van der Waals surface area contributed by atoms with Crippen LogP contribution in [0.1, 0.15) is 37.0 Å². The minimum atomic E-state index is 0.00418. The smallest absolute Gasteiger partial charge is 0.298 e. The Kier molecular flexibility index (Phi) is 3.09. The molecule has 3 unspecified atom stereocenters. The zero-order valence-electron chi connectivity index (χ0n) is 12.0. The number of anilines is 1. The first kappa shape index (κ1) is 12.7. The maximum absolute atomic E-state index is 9.95. The van der Waals surface area contributed by atoms with Gasteiger partial charge in [-0.1, -0.05) is 36.8 Å². The highest BCUT2D eigenvalue weighted by atomic mass is 16.4. The van der Waals surface area contributed by atoms with E-state index >= 15 is 0 Å². The lowest BCUT2D eigenvalue weighted by Gasteiger charge is -2.21. The lowest BCUT2D eigenvalue weighted by molar-refractivity contribution is 0.419. The van der Waals surface area contributed by atoms with Gasteiger partial charge in [-0.15, -0.1) is 0 Å². The SMILES string of the molecule is Oc1nc(NC2CC3CCC2C3)oc1Cc1ccccc1. The van der Waals surface area contributed by atoms with Gasteiger partial charge in [-0.2, -0.15) is 4.98 Å². The Labute approximate surface area is 124 Å². The molecule has 1 heterocycles. The van der Waals surface area contributed by atoms with Gasteiger partial charge < -0.3 is 14.8 Å². The lowest BCUT2D eigenvalue weighted by atomic mass is 9.96. The molecule has 0 amide bonds. The zero-order chi connectivity index (χ0) is 14.2. The molecule has 2 bridgehead atoms. The molecule has 0 radical (unpaired) electrons. The number of nitrogens with zero attached hydrogens (tertiary/aromatic N) is 1. The third kappa shape index (κ3) is 2.50. The van der Waals surface area contributed by atoms with Crippen molar-refractivity contribution in [3.63, 3.8) is 0 Å². The lowest BCUT2D eigenvalue weighted by Crippen LogP contribution is -2.25. The van der Waals surface area contributed by atoms with Crippen LogP contribution in [0, 0.1) is 11.8 Å². The van der Waals surface area contributed by atoms with Crippen LogP contribution in [0.4, 0.5) is 6.01 Å². The van der Waals surface area contributed by atoms with Gasteiger partial charge in [-0.05, 0) is 36.7 Å². The monoisotopic (exact) mass is 284 g/mol. The van der Waals surface area contributed by atoms with Gasteiger partial charge in [-0.3, -0.25) is 0 Å². The minimum absolute atomic E-state index is 0.00418. The maximum Gasteiger partial charge on any atom is 0.298 e. The molecule has 4 heteroatoms. The highest BCUT2D eigenvalue weighted by Crippen LogP contribution is 2.45. The van der Waals surface area contributed by atoms with Crippen molar-refractivity contribution in [1.29, 1.82) is 0 Å². The molecule has 1 aromatic carbocycles. The summed E-state index contributed by atoms with van der Waals surface area (Å²) >= 11 is 0. The van der Waals surface area contributed by atoms with Gasteiger partial charge in [0.2, 0.25) is 0 Å². The van der Waals surface area contributed by atoms with Crippen LogP contribution in [0.2, 0.25) is 0 Å². The highest BCUT2D eigenvalue weighted by molar-refractivity contribution is 5.33. The van der Waals surface area contributed by atoms with Crippen molar-refractivity contribution in [2.24, 2.45) is 11.8 Å². The molecule has 2 aromatic rings. The first-order valence-electron chi connectivity index (χ1n) is 7.77. The molecule has 2 aliphatic rings. The Hall–Kier alpha value is -1.97. The molecular formula is C17H20N2O2. The molecule has 110 valence electrons. The van der Waals surface area contributed by atoms with Gasteiger partial charge in [0.25, 0.3) is 11.9 Å². The van der Waals surface area contributed by atoms with Crippen molar-refractivity contribution < 1.29 is 9.52 Å². The van der Waals surface area contributed by atoms with E-state index in [4.69, 9.17) is 4.42 Å². The second-order valence-electron chi connectivity index (χ2n) is 6.35. The van der Waals surface area contributed by atoms with E-state index in [1.165, 1.54) is 25.7 Å². The fourth-order valence-corrected chi connectivity index (χ4v) is 3.88. The van der Waals surface area contributed by atoms with E-state index in [-0.39, 0.29) is 5.88 Å².